The zero-order valence-electron chi connectivity index (χ0n) is 16.0. The van der Waals surface area contributed by atoms with Crippen LogP contribution in [0.5, 0.6) is 0 Å². The van der Waals surface area contributed by atoms with Gasteiger partial charge in [-0.15, -0.1) is 11.3 Å². The van der Waals surface area contributed by atoms with E-state index in [4.69, 9.17) is 11.6 Å². The second kappa shape index (κ2) is 7.85. The Morgan fingerprint density at radius 1 is 1.23 bits per heavy atom. The number of amides is 1. The summed E-state index contributed by atoms with van der Waals surface area (Å²) in [7, 11) is 0. The van der Waals surface area contributed by atoms with Gasteiger partial charge in [0.2, 0.25) is 5.43 Å². The van der Waals surface area contributed by atoms with Crippen molar-refractivity contribution in [3.63, 3.8) is 0 Å². The summed E-state index contributed by atoms with van der Waals surface area (Å²) in [4.78, 5) is 43.7. The predicted octanol–water partition coefficient (Wildman–Crippen LogP) is 2.91. The van der Waals surface area contributed by atoms with Crippen molar-refractivity contribution < 1.29 is 4.79 Å². The van der Waals surface area contributed by atoms with Gasteiger partial charge in [0.15, 0.2) is 5.69 Å². The molecule has 0 aliphatic rings. The highest BCUT2D eigenvalue weighted by atomic mass is 35.5. The molecule has 3 aromatic heterocycles. The van der Waals surface area contributed by atoms with E-state index in [0.29, 0.717) is 26.6 Å². The molecule has 1 aromatic carbocycles. The highest BCUT2D eigenvalue weighted by Crippen LogP contribution is 2.21. The van der Waals surface area contributed by atoms with Gasteiger partial charge in [-0.2, -0.15) is 5.10 Å². The molecule has 0 bridgehead atoms. The van der Waals surface area contributed by atoms with Crippen LogP contribution in [0, 0.1) is 6.92 Å². The average Bonchev–Trinajstić information content (AvgIpc) is 3.15. The lowest BCUT2D eigenvalue weighted by atomic mass is 10.2. The number of para-hydroxylation sites is 1. The summed E-state index contributed by atoms with van der Waals surface area (Å²) in [5, 5.41) is 5.00. The standard InChI is InChI=1S/C20H16ClN5O3S/c1-3-12-9-13-19(30-12)22-10-25(20(13)29)24-18(28)17-16(27)8-11(2)26(23-17)15-7-5-4-6-14(15)21/h4-10H,3H2,1-2H3,(H,24,28). The minimum absolute atomic E-state index is 0.368. The number of benzene rings is 1. The van der Waals surface area contributed by atoms with Crippen LogP contribution in [0.3, 0.4) is 0 Å². The number of nitrogens with one attached hydrogen (secondary N) is 1. The van der Waals surface area contributed by atoms with Crippen LogP contribution >= 0.6 is 22.9 Å². The summed E-state index contributed by atoms with van der Waals surface area (Å²) >= 11 is 7.66. The molecule has 0 aliphatic carbocycles. The molecule has 1 N–H and O–H groups in total. The van der Waals surface area contributed by atoms with E-state index in [-0.39, 0.29) is 5.69 Å². The number of carbonyl (C=O) groups is 1. The molecule has 0 fully saturated rings. The average molecular weight is 442 g/mol. The number of fused-ring (bicyclic) bond motifs is 1. The molecule has 30 heavy (non-hydrogen) atoms. The molecule has 0 atom stereocenters. The van der Waals surface area contributed by atoms with Crippen LogP contribution in [0.25, 0.3) is 15.9 Å². The highest BCUT2D eigenvalue weighted by Gasteiger charge is 2.18. The maximum atomic E-state index is 12.8. The Morgan fingerprint density at radius 3 is 2.73 bits per heavy atom. The summed E-state index contributed by atoms with van der Waals surface area (Å²) in [6, 6.07) is 9.99. The third-order valence-corrected chi connectivity index (χ3v) is 5.98. The van der Waals surface area contributed by atoms with E-state index in [1.807, 2.05) is 6.92 Å². The Morgan fingerprint density at radius 2 is 2.00 bits per heavy atom. The smallest absolute Gasteiger partial charge is 0.287 e. The third-order valence-electron chi connectivity index (χ3n) is 4.48. The second-order valence-electron chi connectivity index (χ2n) is 6.51. The van der Waals surface area contributed by atoms with Crippen molar-refractivity contribution in [3.8, 4) is 5.69 Å². The van der Waals surface area contributed by atoms with Gasteiger partial charge in [-0.1, -0.05) is 30.7 Å². The number of carbonyl (C=O) groups excluding carboxylic acids is 1. The summed E-state index contributed by atoms with van der Waals surface area (Å²) in [5.74, 6) is -0.824. The van der Waals surface area contributed by atoms with Crippen molar-refractivity contribution >= 4 is 39.1 Å². The topological polar surface area (TPSA) is 98.9 Å². The molecule has 10 heteroatoms. The molecule has 0 saturated carbocycles. The van der Waals surface area contributed by atoms with Gasteiger partial charge in [0, 0.05) is 16.6 Å². The van der Waals surface area contributed by atoms with Gasteiger partial charge in [-0.05, 0) is 31.5 Å². The Hall–Kier alpha value is -3.30. The van der Waals surface area contributed by atoms with Gasteiger partial charge in [-0.3, -0.25) is 19.8 Å². The van der Waals surface area contributed by atoms with Crippen LogP contribution in [0.4, 0.5) is 0 Å². The SMILES string of the molecule is CCc1cc2c(=O)n(NC(=O)c3nn(-c4ccccc4Cl)c(C)cc3=O)cnc2s1. The number of nitrogens with zero attached hydrogens (tertiary/aromatic N) is 4. The Kier molecular flexibility index (Phi) is 5.23. The molecule has 0 spiro atoms. The Labute approximate surface area is 179 Å². The molecule has 0 aliphatic heterocycles. The molecule has 0 saturated heterocycles. The van der Waals surface area contributed by atoms with Gasteiger partial charge in [0.05, 0.1) is 16.1 Å². The van der Waals surface area contributed by atoms with E-state index in [0.717, 1.165) is 16.0 Å². The predicted molar refractivity (Wildman–Crippen MR) is 117 cm³/mol. The minimum atomic E-state index is -0.824. The lowest BCUT2D eigenvalue weighted by Gasteiger charge is -2.13. The van der Waals surface area contributed by atoms with Crippen molar-refractivity contribution in [2.75, 3.05) is 5.43 Å². The summed E-state index contributed by atoms with van der Waals surface area (Å²) in [5.41, 5.74) is 2.07. The quantitative estimate of drug-likeness (QED) is 0.525. The molecule has 1 amide bonds. The maximum Gasteiger partial charge on any atom is 0.294 e. The van der Waals surface area contributed by atoms with Crippen LogP contribution in [0.1, 0.15) is 28.0 Å². The van der Waals surface area contributed by atoms with Crippen LogP contribution in [-0.2, 0) is 6.42 Å². The number of hydrogen-bond acceptors (Lipinski definition) is 6. The van der Waals surface area contributed by atoms with Crippen molar-refractivity contribution in [1.29, 1.82) is 0 Å². The largest absolute Gasteiger partial charge is 0.294 e. The molecule has 0 unspecified atom stereocenters. The fraction of sp³-hybridized carbons (Fsp3) is 0.150. The Balaban J connectivity index is 1.74. The van der Waals surface area contributed by atoms with E-state index in [1.54, 1.807) is 37.3 Å². The van der Waals surface area contributed by atoms with E-state index in [9.17, 15) is 14.4 Å². The molecule has 152 valence electrons. The monoisotopic (exact) mass is 441 g/mol. The number of rotatable bonds is 4. The zero-order chi connectivity index (χ0) is 21.4. The third kappa shape index (κ3) is 3.53. The Bertz CT molecular complexity index is 1410. The van der Waals surface area contributed by atoms with Crippen LogP contribution in [-0.4, -0.2) is 25.3 Å². The highest BCUT2D eigenvalue weighted by molar-refractivity contribution is 7.18. The first kappa shape index (κ1) is 20.0. The molecular formula is C20H16ClN5O3S. The molecule has 4 aromatic rings. The first-order chi connectivity index (χ1) is 14.4. The van der Waals surface area contributed by atoms with Crippen molar-refractivity contribution in [3.05, 3.63) is 84.6 Å². The first-order valence-electron chi connectivity index (χ1n) is 9.06. The van der Waals surface area contributed by atoms with E-state index >= 15 is 0 Å². The summed E-state index contributed by atoms with van der Waals surface area (Å²) in [6.07, 6.45) is 2.00. The van der Waals surface area contributed by atoms with Crippen molar-refractivity contribution in [2.45, 2.75) is 20.3 Å². The number of aromatic nitrogens is 4. The summed E-state index contributed by atoms with van der Waals surface area (Å²) in [6.45, 7) is 3.67. The van der Waals surface area contributed by atoms with Crippen molar-refractivity contribution in [2.24, 2.45) is 0 Å². The lowest BCUT2D eigenvalue weighted by Crippen LogP contribution is -2.36. The minimum Gasteiger partial charge on any atom is -0.287 e. The number of hydrogen-bond donors (Lipinski definition) is 1. The van der Waals surface area contributed by atoms with Gasteiger partial charge >= 0.3 is 0 Å². The van der Waals surface area contributed by atoms with E-state index < -0.39 is 16.9 Å². The fourth-order valence-corrected chi connectivity index (χ4v) is 4.10. The summed E-state index contributed by atoms with van der Waals surface area (Å²) < 4.78 is 2.37. The normalized spacial score (nSPS) is 11.0. The van der Waals surface area contributed by atoms with E-state index in [1.165, 1.54) is 28.4 Å². The number of halogens is 1. The van der Waals surface area contributed by atoms with Crippen LogP contribution < -0.4 is 16.4 Å². The lowest BCUT2D eigenvalue weighted by molar-refractivity contribution is 0.0999. The van der Waals surface area contributed by atoms with Crippen molar-refractivity contribution in [1.82, 2.24) is 19.4 Å². The van der Waals surface area contributed by atoms with Gasteiger partial charge in [-0.25, -0.2) is 14.3 Å². The number of aryl methyl sites for hydroxylation is 2. The maximum absolute atomic E-state index is 12.8. The molecule has 3 heterocycles. The number of thiophene rings is 1. The molecular weight excluding hydrogens is 426 g/mol. The molecule has 4 rings (SSSR count). The van der Waals surface area contributed by atoms with Gasteiger partial charge < -0.3 is 0 Å². The van der Waals surface area contributed by atoms with Gasteiger partial charge in [0.1, 0.15) is 11.2 Å². The second-order valence-corrected chi connectivity index (χ2v) is 8.03. The van der Waals surface area contributed by atoms with Crippen LogP contribution in [0.15, 0.2) is 52.3 Å². The van der Waals surface area contributed by atoms with E-state index in [2.05, 4.69) is 15.5 Å². The molecule has 8 nitrogen and oxygen atoms in total. The van der Waals surface area contributed by atoms with Crippen LogP contribution in [0.2, 0.25) is 5.02 Å². The first-order valence-corrected chi connectivity index (χ1v) is 10.3. The molecule has 0 radical (unpaired) electrons. The zero-order valence-corrected chi connectivity index (χ0v) is 17.6. The fourth-order valence-electron chi connectivity index (χ4n) is 2.96. The van der Waals surface area contributed by atoms with Gasteiger partial charge in [0.25, 0.3) is 11.5 Å².